The number of nitrogens with one attached hydrogen (secondary N) is 1. The molecular formula is C21H24ClFN6OS. The highest BCUT2D eigenvalue weighted by Gasteiger charge is 2.28. The van der Waals surface area contributed by atoms with Crippen molar-refractivity contribution in [1.29, 1.82) is 0 Å². The van der Waals surface area contributed by atoms with E-state index >= 15 is 0 Å². The van der Waals surface area contributed by atoms with E-state index in [1.54, 1.807) is 4.68 Å². The molecule has 1 aromatic carbocycles. The molecule has 0 saturated heterocycles. The van der Waals surface area contributed by atoms with Crippen molar-refractivity contribution in [3.8, 4) is 0 Å². The zero-order valence-electron chi connectivity index (χ0n) is 17.5. The van der Waals surface area contributed by atoms with Crippen molar-refractivity contribution in [1.82, 2.24) is 20.0 Å². The van der Waals surface area contributed by atoms with Crippen LogP contribution in [0.15, 0.2) is 30.5 Å². The molecule has 0 bridgehead atoms. The van der Waals surface area contributed by atoms with Gasteiger partial charge in [-0.1, -0.05) is 16.8 Å². The van der Waals surface area contributed by atoms with Gasteiger partial charge in [-0.2, -0.15) is 13.5 Å². The lowest BCUT2D eigenvalue weighted by molar-refractivity contribution is -0.117. The van der Waals surface area contributed by atoms with Gasteiger partial charge in [0, 0.05) is 24.0 Å². The van der Waals surface area contributed by atoms with Gasteiger partial charge in [0.25, 0.3) is 0 Å². The van der Waals surface area contributed by atoms with Crippen LogP contribution in [-0.2, 0) is 24.2 Å². The van der Waals surface area contributed by atoms with E-state index in [1.165, 1.54) is 18.2 Å². The number of likely N-dealkylation sites (N-methyl/N-ethyl adjacent to an activating group) is 1. The predicted octanol–water partition coefficient (Wildman–Crippen LogP) is 3.50. The van der Waals surface area contributed by atoms with Gasteiger partial charge in [0.05, 0.1) is 29.3 Å². The standard InChI is InChI=1S/C21H22ClFN6O.H2S/c1-12-20-19(28(3)13(2)21(30)25-20)9-16(24-12)5-6-17-11-29(27-26-17)10-14-8-15(23)4-7-18(14)22;/h4,7-9,11,13H,5-6,10H2,1-3H3,(H,25,30);1H2/t13-;/m0./s1. The Hall–Kier alpha value is -2.65. The summed E-state index contributed by atoms with van der Waals surface area (Å²) >= 11 is 6.13. The summed E-state index contributed by atoms with van der Waals surface area (Å²) in [5.41, 5.74) is 4.91. The first-order valence-electron chi connectivity index (χ1n) is 9.69. The SMILES string of the molecule is Cc1nc(CCc2cn(Cc3cc(F)ccc3Cl)nn2)cc2c1NC(=O)[C@H](C)N2C.S. The van der Waals surface area contributed by atoms with Gasteiger partial charge >= 0.3 is 0 Å². The molecule has 3 aromatic rings. The van der Waals surface area contributed by atoms with Crippen molar-refractivity contribution in [3.05, 3.63) is 63.9 Å². The summed E-state index contributed by atoms with van der Waals surface area (Å²) in [6.07, 6.45) is 3.18. The van der Waals surface area contributed by atoms with Gasteiger partial charge < -0.3 is 10.2 Å². The number of pyridine rings is 1. The lowest BCUT2D eigenvalue weighted by Gasteiger charge is -2.34. The molecule has 1 atom stereocenters. The Bertz CT molecular complexity index is 1120. The molecule has 0 spiro atoms. The zero-order chi connectivity index (χ0) is 21.4. The lowest BCUT2D eigenvalue weighted by Crippen LogP contribution is -2.44. The third-order valence-electron chi connectivity index (χ3n) is 5.38. The summed E-state index contributed by atoms with van der Waals surface area (Å²) in [4.78, 5) is 18.7. The molecule has 7 nitrogen and oxygen atoms in total. The van der Waals surface area contributed by atoms with E-state index in [1.807, 2.05) is 38.1 Å². The maximum Gasteiger partial charge on any atom is 0.246 e. The molecule has 164 valence electrons. The van der Waals surface area contributed by atoms with Crippen molar-refractivity contribution in [2.24, 2.45) is 0 Å². The number of carbonyl (C=O) groups excluding carboxylic acids is 1. The van der Waals surface area contributed by atoms with E-state index < -0.39 is 0 Å². The van der Waals surface area contributed by atoms with Crippen LogP contribution in [0.4, 0.5) is 15.8 Å². The third kappa shape index (κ3) is 4.83. The molecule has 4 rings (SSSR count). The van der Waals surface area contributed by atoms with Gasteiger partial charge in [-0.15, -0.1) is 5.10 Å². The topological polar surface area (TPSA) is 75.9 Å². The summed E-state index contributed by atoms with van der Waals surface area (Å²) < 4.78 is 15.1. The van der Waals surface area contributed by atoms with Crippen molar-refractivity contribution in [3.63, 3.8) is 0 Å². The monoisotopic (exact) mass is 462 g/mol. The van der Waals surface area contributed by atoms with Gasteiger partial charge in [0.15, 0.2) is 0 Å². The second-order valence-corrected chi connectivity index (χ2v) is 7.92. The molecule has 1 aliphatic heterocycles. The van der Waals surface area contributed by atoms with Crippen LogP contribution in [0.3, 0.4) is 0 Å². The predicted molar refractivity (Wildman–Crippen MR) is 124 cm³/mol. The Kier molecular flexibility index (Phi) is 6.86. The maximum absolute atomic E-state index is 13.5. The lowest BCUT2D eigenvalue weighted by atomic mass is 10.1. The van der Waals surface area contributed by atoms with E-state index in [4.69, 9.17) is 11.6 Å². The van der Waals surface area contributed by atoms with Gasteiger partial charge in [0.2, 0.25) is 5.91 Å². The number of rotatable bonds is 5. The third-order valence-corrected chi connectivity index (χ3v) is 5.75. The van der Waals surface area contributed by atoms with Crippen molar-refractivity contribution in [2.75, 3.05) is 17.3 Å². The highest BCUT2D eigenvalue weighted by molar-refractivity contribution is 7.59. The number of amides is 1. The fourth-order valence-corrected chi connectivity index (χ4v) is 3.69. The number of nitrogens with zero attached hydrogens (tertiary/aromatic N) is 5. The molecule has 0 aliphatic carbocycles. The highest BCUT2D eigenvalue weighted by atomic mass is 35.5. The van der Waals surface area contributed by atoms with Crippen LogP contribution in [-0.4, -0.2) is 39.0 Å². The molecule has 0 saturated carbocycles. The molecule has 3 heterocycles. The fourth-order valence-electron chi connectivity index (χ4n) is 3.52. The first kappa shape index (κ1) is 23.0. The van der Waals surface area contributed by atoms with Crippen LogP contribution in [0.1, 0.15) is 29.6 Å². The quantitative estimate of drug-likeness (QED) is 0.628. The Morgan fingerprint density at radius 1 is 1.23 bits per heavy atom. The molecule has 1 N–H and O–H groups in total. The van der Waals surface area contributed by atoms with Crippen molar-refractivity contribution in [2.45, 2.75) is 39.3 Å². The minimum Gasteiger partial charge on any atom is -0.361 e. The number of carbonyl (C=O) groups is 1. The molecule has 0 unspecified atom stereocenters. The smallest absolute Gasteiger partial charge is 0.246 e. The summed E-state index contributed by atoms with van der Waals surface area (Å²) in [7, 11) is 1.91. The molecule has 0 radical (unpaired) electrons. The van der Waals surface area contributed by atoms with E-state index in [0.29, 0.717) is 30.0 Å². The normalized spacial score (nSPS) is 15.3. The number of hydrogen-bond acceptors (Lipinski definition) is 5. The molecule has 2 aromatic heterocycles. The summed E-state index contributed by atoms with van der Waals surface area (Å²) in [6, 6.07) is 6.04. The molecular weight excluding hydrogens is 439 g/mol. The Labute approximate surface area is 192 Å². The Morgan fingerprint density at radius 3 is 2.74 bits per heavy atom. The number of aryl methyl sites for hydroxylation is 3. The van der Waals surface area contributed by atoms with Gasteiger partial charge in [-0.05, 0) is 56.5 Å². The van der Waals surface area contributed by atoms with Crippen LogP contribution in [0, 0.1) is 12.7 Å². The molecule has 1 amide bonds. The van der Waals surface area contributed by atoms with Crippen LogP contribution >= 0.6 is 25.1 Å². The van der Waals surface area contributed by atoms with Crippen molar-refractivity contribution < 1.29 is 9.18 Å². The Balaban J connectivity index is 0.00000272. The van der Waals surface area contributed by atoms with E-state index in [0.717, 1.165) is 28.5 Å². The Morgan fingerprint density at radius 2 is 1.97 bits per heavy atom. The number of halogens is 2. The van der Waals surface area contributed by atoms with E-state index in [2.05, 4.69) is 20.6 Å². The number of fused-ring (bicyclic) bond motifs is 1. The van der Waals surface area contributed by atoms with Gasteiger partial charge in [-0.25, -0.2) is 9.07 Å². The highest BCUT2D eigenvalue weighted by Crippen LogP contribution is 2.33. The van der Waals surface area contributed by atoms with Gasteiger partial charge in [-0.3, -0.25) is 9.78 Å². The minimum atomic E-state index is -0.334. The van der Waals surface area contributed by atoms with Crippen LogP contribution in [0.25, 0.3) is 0 Å². The van der Waals surface area contributed by atoms with Crippen LogP contribution in [0.5, 0.6) is 0 Å². The van der Waals surface area contributed by atoms with Crippen LogP contribution in [0.2, 0.25) is 5.02 Å². The van der Waals surface area contributed by atoms with E-state index in [-0.39, 0.29) is 31.3 Å². The number of aromatic nitrogens is 4. The van der Waals surface area contributed by atoms with Gasteiger partial charge in [0.1, 0.15) is 11.9 Å². The van der Waals surface area contributed by atoms with Crippen LogP contribution < -0.4 is 10.2 Å². The summed E-state index contributed by atoms with van der Waals surface area (Å²) in [6.45, 7) is 4.12. The average Bonchev–Trinajstić information content (AvgIpc) is 3.16. The van der Waals surface area contributed by atoms with Crippen molar-refractivity contribution >= 4 is 42.4 Å². The number of benzene rings is 1. The second-order valence-electron chi connectivity index (χ2n) is 7.51. The maximum atomic E-state index is 13.5. The zero-order valence-corrected chi connectivity index (χ0v) is 19.2. The molecule has 1 aliphatic rings. The average molecular weight is 463 g/mol. The fraction of sp³-hybridized carbons (Fsp3) is 0.333. The second kappa shape index (κ2) is 9.23. The molecule has 0 fully saturated rings. The molecule has 10 heteroatoms. The minimum absolute atomic E-state index is 0. The number of anilines is 2. The first-order chi connectivity index (χ1) is 14.3. The number of hydrogen-bond donors (Lipinski definition) is 1. The molecule has 31 heavy (non-hydrogen) atoms. The summed E-state index contributed by atoms with van der Waals surface area (Å²) in [5.74, 6) is -0.364. The first-order valence-corrected chi connectivity index (χ1v) is 10.1. The largest absolute Gasteiger partial charge is 0.361 e. The summed E-state index contributed by atoms with van der Waals surface area (Å²) in [5, 5.41) is 11.8. The van der Waals surface area contributed by atoms with E-state index in [9.17, 15) is 9.18 Å².